The van der Waals surface area contributed by atoms with E-state index in [-0.39, 0.29) is 12.1 Å². The molecule has 0 aromatic heterocycles. The molecule has 21 heavy (non-hydrogen) atoms. The van der Waals surface area contributed by atoms with E-state index in [4.69, 9.17) is 5.26 Å². The summed E-state index contributed by atoms with van der Waals surface area (Å²) in [6, 6.07) is 7.11. The van der Waals surface area contributed by atoms with Gasteiger partial charge in [0.1, 0.15) is 0 Å². The molecule has 0 spiro atoms. The van der Waals surface area contributed by atoms with Crippen LogP contribution in [0.5, 0.6) is 0 Å². The van der Waals surface area contributed by atoms with Crippen molar-refractivity contribution in [3.8, 4) is 6.07 Å². The van der Waals surface area contributed by atoms with Crippen molar-refractivity contribution < 1.29 is 8.42 Å². The molecule has 0 saturated carbocycles. The van der Waals surface area contributed by atoms with Crippen molar-refractivity contribution in [3.05, 3.63) is 29.3 Å². The van der Waals surface area contributed by atoms with E-state index in [9.17, 15) is 8.42 Å². The van der Waals surface area contributed by atoms with Crippen molar-refractivity contribution in [1.82, 2.24) is 9.21 Å². The van der Waals surface area contributed by atoms with Crippen molar-refractivity contribution in [2.75, 3.05) is 20.1 Å². The van der Waals surface area contributed by atoms with Gasteiger partial charge in [0.15, 0.2) is 0 Å². The van der Waals surface area contributed by atoms with E-state index >= 15 is 0 Å². The van der Waals surface area contributed by atoms with Crippen LogP contribution in [-0.2, 0) is 10.0 Å². The Morgan fingerprint density at radius 3 is 2.29 bits per heavy atom. The molecule has 1 heterocycles. The number of rotatable bonds is 2. The van der Waals surface area contributed by atoms with E-state index in [0.29, 0.717) is 29.1 Å². The molecule has 0 aliphatic carbocycles. The van der Waals surface area contributed by atoms with Gasteiger partial charge in [0.2, 0.25) is 10.0 Å². The highest BCUT2D eigenvalue weighted by atomic mass is 32.2. The fraction of sp³-hybridized carbons (Fsp3) is 0.533. The zero-order valence-corrected chi connectivity index (χ0v) is 13.7. The Labute approximate surface area is 126 Å². The quantitative estimate of drug-likeness (QED) is 0.832. The lowest BCUT2D eigenvalue weighted by Gasteiger charge is -2.41. The molecule has 1 aromatic rings. The van der Waals surface area contributed by atoms with Crippen molar-refractivity contribution in [1.29, 1.82) is 5.26 Å². The van der Waals surface area contributed by atoms with Gasteiger partial charge >= 0.3 is 0 Å². The van der Waals surface area contributed by atoms with Crippen LogP contribution in [0, 0.1) is 18.3 Å². The lowest BCUT2D eigenvalue weighted by molar-refractivity contribution is 0.105. The van der Waals surface area contributed by atoms with Crippen LogP contribution in [0.4, 0.5) is 0 Å². The lowest BCUT2D eigenvalue weighted by atomic mass is 10.1. The zero-order chi connectivity index (χ0) is 15.8. The SMILES string of the molecule is Cc1cc(C#N)ccc1S(=O)(=O)N1CC(C)N(C)C(C)C1. The van der Waals surface area contributed by atoms with Gasteiger partial charge in [-0.05, 0) is 51.6 Å². The maximum absolute atomic E-state index is 12.8. The van der Waals surface area contributed by atoms with Gasteiger partial charge in [-0.1, -0.05) is 0 Å². The molecule has 1 fully saturated rings. The van der Waals surface area contributed by atoms with Crippen LogP contribution in [0.3, 0.4) is 0 Å². The van der Waals surface area contributed by atoms with Crippen LogP contribution in [0.2, 0.25) is 0 Å². The maximum atomic E-state index is 12.8. The van der Waals surface area contributed by atoms with Gasteiger partial charge in [-0.3, -0.25) is 4.90 Å². The van der Waals surface area contributed by atoms with Crippen LogP contribution in [0.1, 0.15) is 25.0 Å². The summed E-state index contributed by atoms with van der Waals surface area (Å²) in [4.78, 5) is 2.49. The number of sulfonamides is 1. The normalized spacial score (nSPS) is 24.7. The minimum atomic E-state index is -3.51. The molecule has 0 bridgehead atoms. The largest absolute Gasteiger partial charge is 0.298 e. The second kappa shape index (κ2) is 5.76. The van der Waals surface area contributed by atoms with Gasteiger partial charge in [-0.2, -0.15) is 9.57 Å². The Morgan fingerprint density at radius 1 is 1.24 bits per heavy atom. The fourth-order valence-corrected chi connectivity index (χ4v) is 4.51. The second-order valence-corrected chi connectivity index (χ2v) is 7.68. The third-order valence-corrected chi connectivity index (χ3v) is 6.24. The van der Waals surface area contributed by atoms with E-state index < -0.39 is 10.0 Å². The molecule has 1 aromatic carbocycles. The minimum Gasteiger partial charge on any atom is -0.298 e. The standard InChI is InChI=1S/C15H21N3O2S/c1-11-7-14(8-16)5-6-15(11)21(19,20)18-9-12(2)17(4)13(3)10-18/h5-7,12-13H,9-10H2,1-4H3. The second-order valence-electron chi connectivity index (χ2n) is 5.78. The van der Waals surface area contributed by atoms with Crippen LogP contribution in [0.15, 0.2) is 23.1 Å². The number of likely N-dealkylation sites (N-methyl/N-ethyl adjacent to an activating group) is 1. The lowest BCUT2D eigenvalue weighted by Crippen LogP contribution is -2.56. The molecule has 2 unspecified atom stereocenters. The van der Waals surface area contributed by atoms with Gasteiger partial charge in [-0.25, -0.2) is 8.42 Å². The van der Waals surface area contributed by atoms with Crippen LogP contribution in [0.25, 0.3) is 0 Å². The number of nitriles is 1. The van der Waals surface area contributed by atoms with Gasteiger partial charge < -0.3 is 0 Å². The first-order chi connectivity index (χ1) is 9.77. The van der Waals surface area contributed by atoms with Gasteiger partial charge in [0.25, 0.3) is 0 Å². The van der Waals surface area contributed by atoms with Crippen LogP contribution in [-0.4, -0.2) is 49.8 Å². The monoisotopic (exact) mass is 307 g/mol. The summed E-state index contributed by atoms with van der Waals surface area (Å²) in [5.41, 5.74) is 1.10. The van der Waals surface area contributed by atoms with Crippen LogP contribution < -0.4 is 0 Å². The summed E-state index contributed by atoms with van der Waals surface area (Å²) in [5.74, 6) is 0. The number of benzene rings is 1. The number of hydrogen-bond donors (Lipinski definition) is 0. The average molecular weight is 307 g/mol. The summed E-state index contributed by atoms with van der Waals surface area (Å²) < 4.78 is 27.2. The minimum absolute atomic E-state index is 0.183. The zero-order valence-electron chi connectivity index (χ0n) is 12.9. The van der Waals surface area contributed by atoms with E-state index in [1.165, 1.54) is 6.07 Å². The first-order valence-electron chi connectivity index (χ1n) is 7.00. The molecule has 1 saturated heterocycles. The smallest absolute Gasteiger partial charge is 0.243 e. The Bertz CT molecular complexity index is 667. The fourth-order valence-electron chi connectivity index (χ4n) is 2.70. The molecular weight excluding hydrogens is 286 g/mol. The van der Waals surface area contributed by atoms with Crippen LogP contribution >= 0.6 is 0 Å². The highest BCUT2D eigenvalue weighted by Gasteiger charge is 2.34. The first kappa shape index (κ1) is 16.0. The predicted octanol–water partition coefficient (Wildman–Crippen LogP) is 1.58. The molecule has 0 amide bonds. The van der Waals surface area contributed by atoms with Crippen molar-refractivity contribution in [2.24, 2.45) is 0 Å². The van der Waals surface area contributed by atoms with E-state index in [1.54, 1.807) is 23.4 Å². The molecule has 2 rings (SSSR count). The first-order valence-corrected chi connectivity index (χ1v) is 8.44. The van der Waals surface area contributed by atoms with Gasteiger partial charge in [-0.15, -0.1) is 0 Å². The summed E-state index contributed by atoms with van der Waals surface area (Å²) in [5, 5.41) is 8.89. The summed E-state index contributed by atoms with van der Waals surface area (Å²) in [7, 11) is -1.49. The molecule has 2 atom stereocenters. The highest BCUT2D eigenvalue weighted by Crippen LogP contribution is 2.24. The molecule has 114 valence electrons. The molecule has 1 aliphatic heterocycles. The summed E-state index contributed by atoms with van der Waals surface area (Å²) in [6.07, 6.45) is 0. The maximum Gasteiger partial charge on any atom is 0.243 e. The summed E-state index contributed by atoms with van der Waals surface area (Å²) >= 11 is 0. The highest BCUT2D eigenvalue weighted by molar-refractivity contribution is 7.89. The molecule has 1 aliphatic rings. The third-order valence-electron chi connectivity index (χ3n) is 4.25. The molecule has 0 radical (unpaired) electrons. The van der Waals surface area contributed by atoms with Crippen molar-refractivity contribution in [2.45, 2.75) is 37.8 Å². The Hall–Kier alpha value is -1.42. The predicted molar refractivity (Wildman–Crippen MR) is 81.3 cm³/mol. The average Bonchev–Trinajstić information content (AvgIpc) is 2.43. The Kier molecular flexibility index (Phi) is 4.38. The number of aryl methyl sites for hydroxylation is 1. The molecule has 5 nitrogen and oxygen atoms in total. The van der Waals surface area contributed by atoms with Gasteiger partial charge in [0, 0.05) is 25.2 Å². The number of piperazine rings is 1. The molecule has 0 N–H and O–H groups in total. The Balaban J connectivity index is 2.37. The van der Waals surface area contributed by atoms with E-state index in [0.717, 1.165) is 0 Å². The summed E-state index contributed by atoms with van der Waals surface area (Å²) in [6.45, 7) is 6.77. The molecular formula is C15H21N3O2S. The third kappa shape index (κ3) is 2.95. The van der Waals surface area contributed by atoms with Crippen molar-refractivity contribution in [3.63, 3.8) is 0 Å². The Morgan fingerprint density at radius 2 is 1.81 bits per heavy atom. The van der Waals surface area contributed by atoms with E-state index in [2.05, 4.69) is 4.90 Å². The van der Waals surface area contributed by atoms with E-state index in [1.807, 2.05) is 27.0 Å². The number of hydrogen-bond acceptors (Lipinski definition) is 4. The number of nitrogens with zero attached hydrogens (tertiary/aromatic N) is 3. The molecule has 6 heteroatoms. The topological polar surface area (TPSA) is 64.4 Å². The van der Waals surface area contributed by atoms with Gasteiger partial charge in [0.05, 0.1) is 16.5 Å². The van der Waals surface area contributed by atoms with Crippen molar-refractivity contribution >= 4 is 10.0 Å².